The van der Waals surface area contributed by atoms with Crippen molar-refractivity contribution in [1.29, 1.82) is 0 Å². The molecule has 5 saturated heterocycles. The second kappa shape index (κ2) is 26.8. The van der Waals surface area contributed by atoms with Crippen LogP contribution in [0.2, 0.25) is 0 Å². The van der Waals surface area contributed by atoms with Gasteiger partial charge in [-0.3, -0.25) is 9.59 Å². The van der Waals surface area contributed by atoms with Crippen LogP contribution in [-0.2, 0) is 57.0 Å². The highest BCUT2D eigenvalue weighted by Crippen LogP contribution is 2.36. The lowest BCUT2D eigenvalue weighted by atomic mass is 9.94. The fourth-order valence-electron chi connectivity index (χ4n) is 8.48. The SMILES string of the molecule is CCCCC(=O)NCCCO[C@@H]1O[C@@H](CO)[C@@H](O[C@@H]2OC(CO)[C@H](O)[C@H](O[C@@H]3OC(CO)[C@@H](O[C@@H]4O[C@@H](CO)[C@H](O)C(O[C@H]5O[C@@H](CO)[C@H](O)C(O)C5O)C4O)[C@H](O)C3NC(C)=O)C2O)C(O)C1O. The van der Waals surface area contributed by atoms with Crippen LogP contribution in [0.5, 0.6) is 0 Å². The first-order valence-electron chi connectivity index (χ1n) is 22.7. The lowest BCUT2D eigenvalue weighted by Crippen LogP contribution is -2.70. The third-order valence-corrected chi connectivity index (χ3v) is 12.4. The minimum absolute atomic E-state index is 0.0400. The Balaban J connectivity index is 1.28. The van der Waals surface area contributed by atoms with Gasteiger partial charge in [-0.2, -0.15) is 0 Å². The lowest BCUT2D eigenvalue weighted by Gasteiger charge is -2.50. The maximum atomic E-state index is 12.5. The molecule has 5 fully saturated rings. The molecule has 0 aromatic carbocycles. The lowest BCUT2D eigenvalue weighted by molar-refractivity contribution is -0.387. The van der Waals surface area contributed by atoms with Gasteiger partial charge in [0.2, 0.25) is 11.8 Å². The van der Waals surface area contributed by atoms with Gasteiger partial charge in [0.25, 0.3) is 0 Å². The topological polar surface area (TPSA) is 454 Å². The van der Waals surface area contributed by atoms with Crippen LogP contribution in [0.1, 0.15) is 39.5 Å². The molecule has 0 aromatic rings. The molecule has 5 aliphatic heterocycles. The summed E-state index contributed by atoms with van der Waals surface area (Å²) in [6.07, 6.45) is -41.5. The predicted molar refractivity (Wildman–Crippen MR) is 219 cm³/mol. The Morgan fingerprint density at radius 1 is 0.464 bits per heavy atom. The molecule has 402 valence electrons. The Hall–Kier alpha value is -2.06. The standard InChI is InChI=1S/C40H70N2O27/c1-3-4-6-20(49)41-7-5-8-60-37-29(57)27(55)33(19(13-47)65-37)67-40-30(58)34(23(51)16(10-44)63-40)68-36-21(42-14(2)48)25(53)32(18(12-46)64-36)66-39-31(59)35(24(52)17(11-45)62-39)69-38-28(56)26(54)22(50)15(9-43)61-38/h15-19,21-40,43-47,50-59H,3-13H2,1-2H3,(H,41,49)(H,42,48)/t15-,16?,17-,18?,19-,21?,22-,23-,24-,25+,26?,27?,28?,29?,30?,31?,32+,33+,34-,35?,36-,37+,38+,39-,40-/m0/s1. The van der Waals surface area contributed by atoms with Crippen LogP contribution in [0.4, 0.5) is 0 Å². The van der Waals surface area contributed by atoms with Crippen LogP contribution in [0, 0.1) is 0 Å². The van der Waals surface area contributed by atoms with Crippen LogP contribution >= 0.6 is 0 Å². The molecule has 0 aromatic heterocycles. The van der Waals surface area contributed by atoms with Gasteiger partial charge in [0.1, 0.15) is 122 Å². The van der Waals surface area contributed by atoms with Crippen LogP contribution in [0.25, 0.3) is 0 Å². The molecular formula is C40H70N2O27. The van der Waals surface area contributed by atoms with Gasteiger partial charge in [0.05, 0.1) is 39.6 Å². The summed E-state index contributed by atoms with van der Waals surface area (Å²) >= 11 is 0. The smallest absolute Gasteiger partial charge is 0.219 e. The predicted octanol–water partition coefficient (Wildman–Crippen LogP) is -10.1. The Labute approximate surface area is 394 Å². The van der Waals surface area contributed by atoms with Gasteiger partial charge in [-0.1, -0.05) is 13.3 Å². The molecule has 0 spiro atoms. The number of carbonyl (C=O) groups is 2. The first-order valence-corrected chi connectivity index (χ1v) is 22.7. The zero-order valence-electron chi connectivity index (χ0n) is 37.8. The van der Waals surface area contributed by atoms with Gasteiger partial charge in [0.15, 0.2) is 31.5 Å². The number of hydrogen-bond donors (Lipinski definition) is 17. The molecule has 25 atom stereocenters. The Kier molecular flexibility index (Phi) is 22.4. The first kappa shape index (κ1) is 57.8. The molecule has 29 heteroatoms. The number of nitrogens with one attached hydrogen (secondary N) is 2. The average Bonchev–Trinajstić information content (AvgIpc) is 3.33. The summed E-state index contributed by atoms with van der Waals surface area (Å²) in [5, 5.41) is 165. The second-order valence-electron chi connectivity index (χ2n) is 17.3. The molecule has 17 N–H and O–H groups in total. The molecule has 29 nitrogen and oxygen atoms in total. The van der Waals surface area contributed by atoms with E-state index in [4.69, 9.17) is 47.4 Å². The van der Waals surface area contributed by atoms with E-state index in [2.05, 4.69) is 10.6 Å². The van der Waals surface area contributed by atoms with Crippen molar-refractivity contribution in [2.24, 2.45) is 0 Å². The highest BCUT2D eigenvalue weighted by molar-refractivity contribution is 5.75. The van der Waals surface area contributed by atoms with Crippen molar-refractivity contribution in [2.75, 3.05) is 46.2 Å². The Morgan fingerprint density at radius 2 is 0.884 bits per heavy atom. The van der Waals surface area contributed by atoms with Crippen molar-refractivity contribution in [3.63, 3.8) is 0 Å². The van der Waals surface area contributed by atoms with E-state index in [1.807, 2.05) is 6.92 Å². The number of unbranched alkanes of at least 4 members (excludes halogenated alkanes) is 1. The van der Waals surface area contributed by atoms with Crippen LogP contribution < -0.4 is 10.6 Å². The Bertz CT molecular complexity index is 1560. The average molecular weight is 1010 g/mol. The van der Waals surface area contributed by atoms with Crippen molar-refractivity contribution in [2.45, 2.75) is 193 Å². The summed E-state index contributed by atoms with van der Waals surface area (Å²) in [7, 11) is 0. The monoisotopic (exact) mass is 1010 g/mol. The molecule has 0 saturated carbocycles. The van der Waals surface area contributed by atoms with Crippen molar-refractivity contribution in [1.82, 2.24) is 10.6 Å². The van der Waals surface area contributed by atoms with E-state index >= 15 is 0 Å². The fourth-order valence-corrected chi connectivity index (χ4v) is 8.48. The molecular weight excluding hydrogens is 940 g/mol. The van der Waals surface area contributed by atoms with Crippen molar-refractivity contribution < 1.29 is 134 Å². The van der Waals surface area contributed by atoms with E-state index in [1.54, 1.807) is 0 Å². The summed E-state index contributed by atoms with van der Waals surface area (Å²) in [6.45, 7) is -1.39. The summed E-state index contributed by atoms with van der Waals surface area (Å²) in [6, 6.07) is -1.73. The molecule has 0 radical (unpaired) electrons. The third kappa shape index (κ3) is 13.8. The van der Waals surface area contributed by atoms with E-state index < -0.39 is 192 Å². The molecule has 5 heterocycles. The summed E-state index contributed by atoms with van der Waals surface area (Å²) in [4.78, 5) is 24.4. The van der Waals surface area contributed by atoms with Gasteiger partial charge in [-0.15, -0.1) is 0 Å². The summed E-state index contributed by atoms with van der Waals surface area (Å²) in [5.74, 6) is -0.959. The summed E-state index contributed by atoms with van der Waals surface area (Å²) < 4.78 is 56.9. The number of hydrogen-bond acceptors (Lipinski definition) is 27. The highest BCUT2D eigenvalue weighted by Gasteiger charge is 2.57. The third-order valence-electron chi connectivity index (χ3n) is 12.4. The van der Waals surface area contributed by atoms with Crippen molar-refractivity contribution in [3.05, 3.63) is 0 Å². The van der Waals surface area contributed by atoms with E-state index in [-0.39, 0.29) is 19.1 Å². The zero-order chi connectivity index (χ0) is 50.9. The van der Waals surface area contributed by atoms with E-state index in [0.717, 1.165) is 19.8 Å². The maximum absolute atomic E-state index is 12.5. The van der Waals surface area contributed by atoms with Crippen molar-refractivity contribution >= 4 is 11.8 Å². The molecule has 2 amide bonds. The number of rotatable bonds is 22. The minimum atomic E-state index is -2.10. The molecule has 0 bridgehead atoms. The van der Waals surface area contributed by atoms with Crippen LogP contribution in [-0.4, -0.2) is 288 Å². The van der Waals surface area contributed by atoms with Gasteiger partial charge < -0.3 is 135 Å². The molecule has 10 unspecified atom stereocenters. The van der Waals surface area contributed by atoms with Crippen LogP contribution in [0.15, 0.2) is 0 Å². The van der Waals surface area contributed by atoms with Gasteiger partial charge in [0, 0.05) is 19.9 Å². The Morgan fingerprint density at radius 3 is 1.38 bits per heavy atom. The van der Waals surface area contributed by atoms with Gasteiger partial charge >= 0.3 is 0 Å². The second-order valence-corrected chi connectivity index (χ2v) is 17.3. The molecule has 0 aliphatic carbocycles. The largest absolute Gasteiger partial charge is 0.394 e. The molecule has 5 rings (SSSR count). The first-order chi connectivity index (χ1) is 32.8. The maximum Gasteiger partial charge on any atom is 0.219 e. The minimum Gasteiger partial charge on any atom is -0.394 e. The van der Waals surface area contributed by atoms with E-state index in [0.29, 0.717) is 12.8 Å². The van der Waals surface area contributed by atoms with Crippen LogP contribution in [0.3, 0.4) is 0 Å². The van der Waals surface area contributed by atoms with E-state index in [9.17, 15) is 86.2 Å². The van der Waals surface area contributed by atoms with Gasteiger partial charge in [-0.25, -0.2) is 0 Å². The van der Waals surface area contributed by atoms with Crippen molar-refractivity contribution in [3.8, 4) is 0 Å². The molecule has 69 heavy (non-hydrogen) atoms. The number of aliphatic hydroxyl groups excluding tert-OH is 15. The van der Waals surface area contributed by atoms with E-state index in [1.165, 1.54) is 0 Å². The number of aliphatic hydroxyl groups is 15. The summed E-state index contributed by atoms with van der Waals surface area (Å²) in [5.41, 5.74) is 0. The number of ether oxygens (including phenoxy) is 10. The van der Waals surface area contributed by atoms with Gasteiger partial charge in [-0.05, 0) is 12.8 Å². The highest BCUT2D eigenvalue weighted by atomic mass is 16.8. The number of carbonyl (C=O) groups excluding carboxylic acids is 2. The fraction of sp³-hybridized carbons (Fsp3) is 0.950. The number of amides is 2. The normalized spacial score (nSPS) is 45.2. The zero-order valence-corrected chi connectivity index (χ0v) is 37.8. The molecule has 5 aliphatic rings. The quantitative estimate of drug-likeness (QED) is 0.0448.